The smallest absolute Gasteiger partial charge is 0.344 e. The molecule has 0 saturated heterocycles. The van der Waals surface area contributed by atoms with E-state index in [-0.39, 0.29) is 0 Å². The Balaban J connectivity index is 4.54. The topological polar surface area (TPSA) is 37.3 Å². The predicted octanol–water partition coefficient (Wildman–Crippen LogP) is 3.16. The SMILES string of the molecule is CC(CC(F)(F)F)P(=O)(O)CC(F)(F)F. The van der Waals surface area contributed by atoms with Crippen molar-refractivity contribution in [1.82, 2.24) is 0 Å². The first-order chi connectivity index (χ1) is 6.33. The van der Waals surface area contributed by atoms with Crippen molar-refractivity contribution in [3.63, 3.8) is 0 Å². The molecular formula is C6H9F6O2P. The van der Waals surface area contributed by atoms with E-state index in [1.54, 1.807) is 0 Å². The van der Waals surface area contributed by atoms with Crippen molar-refractivity contribution in [2.24, 2.45) is 0 Å². The molecule has 0 fully saturated rings. The van der Waals surface area contributed by atoms with E-state index in [1.165, 1.54) is 0 Å². The summed E-state index contributed by atoms with van der Waals surface area (Å²) in [7, 11) is -4.85. The molecule has 92 valence electrons. The fraction of sp³-hybridized carbons (Fsp3) is 1.00. The lowest BCUT2D eigenvalue weighted by molar-refractivity contribution is -0.135. The molecule has 0 bridgehead atoms. The summed E-state index contributed by atoms with van der Waals surface area (Å²) in [5.41, 5.74) is -1.95. The Morgan fingerprint density at radius 1 is 1.13 bits per heavy atom. The van der Waals surface area contributed by atoms with Gasteiger partial charge in [-0.25, -0.2) is 0 Å². The van der Waals surface area contributed by atoms with Crippen LogP contribution in [0.2, 0.25) is 0 Å². The van der Waals surface area contributed by atoms with E-state index in [9.17, 15) is 30.9 Å². The third kappa shape index (κ3) is 6.78. The Morgan fingerprint density at radius 3 is 1.80 bits per heavy atom. The third-order valence-corrected chi connectivity index (χ3v) is 3.99. The molecule has 0 heterocycles. The quantitative estimate of drug-likeness (QED) is 0.623. The lowest BCUT2D eigenvalue weighted by Crippen LogP contribution is -2.23. The normalized spacial score (nSPS) is 19.7. The van der Waals surface area contributed by atoms with Crippen LogP contribution in [-0.2, 0) is 4.57 Å². The van der Waals surface area contributed by atoms with Crippen molar-refractivity contribution < 1.29 is 35.8 Å². The first kappa shape index (κ1) is 14.8. The highest BCUT2D eigenvalue weighted by molar-refractivity contribution is 7.58. The van der Waals surface area contributed by atoms with Crippen LogP contribution in [0.5, 0.6) is 0 Å². The zero-order valence-corrected chi connectivity index (χ0v) is 8.46. The molecule has 0 aromatic rings. The van der Waals surface area contributed by atoms with E-state index in [4.69, 9.17) is 4.89 Å². The van der Waals surface area contributed by atoms with Gasteiger partial charge in [-0.15, -0.1) is 0 Å². The maximum absolute atomic E-state index is 11.8. The highest BCUT2D eigenvalue weighted by atomic mass is 31.2. The van der Waals surface area contributed by atoms with Gasteiger partial charge in [-0.1, -0.05) is 6.92 Å². The van der Waals surface area contributed by atoms with Gasteiger partial charge in [-0.3, -0.25) is 4.57 Å². The maximum Gasteiger partial charge on any atom is 0.398 e. The summed E-state index contributed by atoms with van der Waals surface area (Å²) in [4.78, 5) is 8.82. The van der Waals surface area contributed by atoms with Crippen molar-refractivity contribution in [3.8, 4) is 0 Å². The van der Waals surface area contributed by atoms with Gasteiger partial charge in [0.25, 0.3) is 0 Å². The number of halogens is 6. The fourth-order valence-corrected chi connectivity index (χ4v) is 2.21. The van der Waals surface area contributed by atoms with E-state index in [2.05, 4.69) is 0 Å². The predicted molar refractivity (Wildman–Crippen MR) is 40.9 cm³/mol. The van der Waals surface area contributed by atoms with E-state index in [0.717, 1.165) is 0 Å². The molecular weight excluding hydrogens is 249 g/mol. The summed E-state index contributed by atoms with van der Waals surface area (Å²) in [6.45, 7) is 0.681. The van der Waals surface area contributed by atoms with Crippen molar-refractivity contribution in [1.29, 1.82) is 0 Å². The molecule has 0 spiro atoms. The zero-order valence-electron chi connectivity index (χ0n) is 7.56. The third-order valence-electron chi connectivity index (χ3n) is 1.62. The monoisotopic (exact) mass is 258 g/mol. The standard InChI is InChI=1S/C6H9F6O2P/c1-4(2-5(7,8)9)15(13,14)3-6(10,11)12/h4H,2-3H2,1H3,(H,13,14). The van der Waals surface area contributed by atoms with Crippen LogP contribution in [0.1, 0.15) is 13.3 Å². The molecule has 15 heavy (non-hydrogen) atoms. The molecule has 1 N–H and O–H groups in total. The molecule has 2 nitrogen and oxygen atoms in total. The number of rotatable bonds is 3. The molecule has 0 aliphatic carbocycles. The van der Waals surface area contributed by atoms with Crippen molar-refractivity contribution in [3.05, 3.63) is 0 Å². The Hall–Kier alpha value is -0.230. The Labute approximate surface area is 81.7 Å². The zero-order chi connectivity index (χ0) is 12.5. The molecule has 0 radical (unpaired) electrons. The summed E-state index contributed by atoms with van der Waals surface area (Å²) in [6.07, 6.45) is -13.5. The fourth-order valence-electron chi connectivity index (χ4n) is 0.890. The van der Waals surface area contributed by atoms with Crippen molar-refractivity contribution in [2.45, 2.75) is 31.4 Å². The Morgan fingerprint density at radius 2 is 1.53 bits per heavy atom. The lowest BCUT2D eigenvalue weighted by Gasteiger charge is -2.21. The average Bonchev–Trinajstić information content (AvgIpc) is 1.75. The highest BCUT2D eigenvalue weighted by Crippen LogP contribution is 2.52. The van der Waals surface area contributed by atoms with Crippen LogP contribution in [-0.4, -0.2) is 29.1 Å². The maximum atomic E-state index is 11.8. The van der Waals surface area contributed by atoms with Crippen LogP contribution >= 0.6 is 7.37 Å². The van der Waals surface area contributed by atoms with Gasteiger partial charge in [0.2, 0.25) is 7.37 Å². The van der Waals surface area contributed by atoms with Gasteiger partial charge in [0.15, 0.2) is 0 Å². The molecule has 2 atom stereocenters. The van der Waals surface area contributed by atoms with Crippen molar-refractivity contribution in [2.75, 3.05) is 6.16 Å². The second kappa shape index (κ2) is 4.33. The molecule has 0 amide bonds. The second-order valence-corrected chi connectivity index (χ2v) is 5.91. The Kier molecular flexibility index (Phi) is 4.26. The number of alkyl halides is 6. The van der Waals surface area contributed by atoms with E-state index < -0.39 is 38.0 Å². The molecule has 0 rings (SSSR count). The molecule has 2 unspecified atom stereocenters. The van der Waals surface area contributed by atoms with Crippen molar-refractivity contribution >= 4 is 7.37 Å². The van der Waals surface area contributed by atoms with Gasteiger partial charge < -0.3 is 4.89 Å². The molecule has 0 aromatic carbocycles. The summed E-state index contributed by atoms with van der Waals surface area (Å²) < 4.78 is 81.4. The van der Waals surface area contributed by atoms with Gasteiger partial charge >= 0.3 is 12.4 Å². The number of hydrogen-bond donors (Lipinski definition) is 1. The average molecular weight is 258 g/mol. The summed E-state index contributed by atoms with van der Waals surface area (Å²) in [5, 5.41) is 0. The molecule has 0 aliphatic heterocycles. The minimum Gasteiger partial charge on any atom is -0.344 e. The van der Waals surface area contributed by atoms with Gasteiger partial charge in [-0.05, 0) is 0 Å². The van der Waals surface area contributed by atoms with E-state index >= 15 is 0 Å². The minimum absolute atomic E-state index is 0.681. The molecule has 0 aromatic heterocycles. The van der Waals surface area contributed by atoms with Gasteiger partial charge in [0.1, 0.15) is 6.16 Å². The summed E-state index contributed by atoms with van der Waals surface area (Å²) in [6, 6.07) is 0. The van der Waals surface area contributed by atoms with Gasteiger partial charge in [0.05, 0.1) is 6.42 Å². The second-order valence-electron chi connectivity index (χ2n) is 3.20. The molecule has 9 heteroatoms. The van der Waals surface area contributed by atoms with Crippen LogP contribution in [0, 0.1) is 0 Å². The first-order valence-electron chi connectivity index (χ1n) is 3.78. The van der Waals surface area contributed by atoms with Crippen LogP contribution in [0.4, 0.5) is 26.3 Å². The summed E-state index contributed by atoms with van der Waals surface area (Å²) in [5.74, 6) is 0. The van der Waals surface area contributed by atoms with E-state index in [1.807, 2.05) is 0 Å². The largest absolute Gasteiger partial charge is 0.398 e. The minimum atomic E-state index is -4.94. The van der Waals surface area contributed by atoms with Crippen LogP contribution < -0.4 is 0 Å². The number of hydrogen-bond acceptors (Lipinski definition) is 1. The summed E-state index contributed by atoms with van der Waals surface area (Å²) >= 11 is 0. The van der Waals surface area contributed by atoms with Gasteiger partial charge in [0, 0.05) is 5.66 Å². The van der Waals surface area contributed by atoms with Crippen LogP contribution in [0.3, 0.4) is 0 Å². The van der Waals surface area contributed by atoms with E-state index in [0.29, 0.717) is 6.92 Å². The van der Waals surface area contributed by atoms with Gasteiger partial charge in [-0.2, -0.15) is 26.3 Å². The lowest BCUT2D eigenvalue weighted by atomic mass is 10.3. The first-order valence-corrected chi connectivity index (χ1v) is 5.70. The Bertz CT molecular complexity index is 257. The van der Waals surface area contributed by atoms with Crippen LogP contribution in [0.25, 0.3) is 0 Å². The highest BCUT2D eigenvalue weighted by Gasteiger charge is 2.44. The van der Waals surface area contributed by atoms with Crippen LogP contribution in [0.15, 0.2) is 0 Å². The molecule has 0 saturated carbocycles. The molecule has 0 aliphatic rings.